The fourth-order valence-corrected chi connectivity index (χ4v) is 2.88. The molecule has 0 aliphatic carbocycles. The second-order valence-electron chi connectivity index (χ2n) is 6.12. The number of aromatic nitrogens is 4. The Morgan fingerprint density at radius 1 is 1.27 bits per heavy atom. The van der Waals surface area contributed by atoms with Gasteiger partial charge in [0.2, 0.25) is 0 Å². The fourth-order valence-electron chi connectivity index (χ4n) is 2.88. The second-order valence-corrected chi connectivity index (χ2v) is 6.12. The second kappa shape index (κ2) is 7.35. The number of para-hydroxylation sites is 1. The summed E-state index contributed by atoms with van der Waals surface area (Å²) in [5, 5.41) is 16.5. The number of benzene rings is 1. The zero-order valence-corrected chi connectivity index (χ0v) is 14.7. The van der Waals surface area contributed by atoms with Crippen molar-refractivity contribution in [3.8, 4) is 0 Å². The Bertz CT molecular complexity index is 1030. The van der Waals surface area contributed by atoms with E-state index in [2.05, 4.69) is 15.2 Å². The maximum atomic E-state index is 12.8. The molecule has 0 aliphatic rings. The Kier molecular flexibility index (Phi) is 4.97. The number of aryl methyl sites for hydroxylation is 2. The van der Waals surface area contributed by atoms with Gasteiger partial charge >= 0.3 is 5.97 Å². The molecule has 0 aliphatic heterocycles. The minimum absolute atomic E-state index is 0.00235. The van der Waals surface area contributed by atoms with Crippen LogP contribution in [0.15, 0.2) is 29.1 Å². The number of rotatable bonds is 6. The molecular formula is C19H20N4O3. The number of hydrogen-bond donors (Lipinski definition) is 2. The smallest absolute Gasteiger partial charge is 0.303 e. The van der Waals surface area contributed by atoms with Gasteiger partial charge in [-0.2, -0.15) is 5.10 Å². The van der Waals surface area contributed by atoms with Crippen LogP contribution in [0.2, 0.25) is 0 Å². The number of hydrogen-bond acceptors (Lipinski definition) is 4. The molecule has 0 unspecified atom stereocenters. The van der Waals surface area contributed by atoms with Gasteiger partial charge in [-0.1, -0.05) is 12.1 Å². The molecule has 0 fully saturated rings. The standard InChI is InChI=1S/C19H20N4O3/c1-12-14(13(2)22-21-12)9-10-17-20-16-7-4-3-6-15(16)19(26)23(17)11-5-8-18(24)25/h3-4,6-7,9-10H,5,8,11H2,1-2H3,(H,21,22)(H,24,25)/b10-9-. The maximum absolute atomic E-state index is 12.8. The Labute approximate surface area is 150 Å². The van der Waals surface area contributed by atoms with E-state index in [1.165, 1.54) is 4.57 Å². The zero-order valence-electron chi connectivity index (χ0n) is 14.7. The molecule has 1 aromatic carbocycles. The molecule has 26 heavy (non-hydrogen) atoms. The van der Waals surface area contributed by atoms with Crippen molar-refractivity contribution in [2.75, 3.05) is 0 Å². The molecule has 0 atom stereocenters. The molecule has 2 N–H and O–H groups in total. The molecule has 7 nitrogen and oxygen atoms in total. The van der Waals surface area contributed by atoms with Crippen LogP contribution in [0.4, 0.5) is 0 Å². The maximum Gasteiger partial charge on any atom is 0.303 e. The Morgan fingerprint density at radius 2 is 2.04 bits per heavy atom. The summed E-state index contributed by atoms with van der Waals surface area (Å²) in [6.45, 7) is 4.12. The molecule has 0 bridgehead atoms. The average molecular weight is 352 g/mol. The number of nitrogens with zero attached hydrogens (tertiary/aromatic N) is 3. The van der Waals surface area contributed by atoms with Gasteiger partial charge < -0.3 is 5.11 Å². The van der Waals surface area contributed by atoms with Crippen molar-refractivity contribution in [2.45, 2.75) is 33.2 Å². The lowest BCUT2D eigenvalue weighted by atomic mass is 10.2. The third-order valence-electron chi connectivity index (χ3n) is 4.25. The lowest BCUT2D eigenvalue weighted by molar-refractivity contribution is -0.137. The number of aliphatic carboxylic acids is 1. The van der Waals surface area contributed by atoms with E-state index in [0.717, 1.165) is 17.0 Å². The first kappa shape index (κ1) is 17.6. The summed E-state index contributed by atoms with van der Waals surface area (Å²) in [5.41, 5.74) is 3.19. The minimum atomic E-state index is -0.881. The van der Waals surface area contributed by atoms with Crippen LogP contribution >= 0.6 is 0 Å². The molecule has 0 radical (unpaired) electrons. The van der Waals surface area contributed by atoms with Crippen LogP contribution < -0.4 is 5.56 Å². The van der Waals surface area contributed by atoms with Crippen LogP contribution in [0, 0.1) is 13.8 Å². The predicted molar refractivity (Wildman–Crippen MR) is 99.9 cm³/mol. The van der Waals surface area contributed by atoms with Crippen LogP contribution in [0.1, 0.15) is 35.6 Å². The third-order valence-corrected chi connectivity index (χ3v) is 4.25. The van der Waals surface area contributed by atoms with Crippen molar-refractivity contribution in [1.29, 1.82) is 0 Å². The monoisotopic (exact) mass is 352 g/mol. The molecule has 2 heterocycles. The lowest BCUT2D eigenvalue weighted by Gasteiger charge is -2.10. The highest BCUT2D eigenvalue weighted by Crippen LogP contribution is 2.15. The van der Waals surface area contributed by atoms with E-state index in [-0.39, 0.29) is 12.0 Å². The van der Waals surface area contributed by atoms with Gasteiger partial charge in [0.05, 0.1) is 16.6 Å². The zero-order chi connectivity index (χ0) is 18.7. The molecule has 3 aromatic rings. The number of H-pyrrole nitrogens is 1. The van der Waals surface area contributed by atoms with E-state index in [1.807, 2.05) is 26.0 Å². The Hall–Kier alpha value is -3.22. The fraction of sp³-hybridized carbons (Fsp3) is 0.263. The van der Waals surface area contributed by atoms with Crippen molar-refractivity contribution in [1.82, 2.24) is 19.7 Å². The highest BCUT2D eigenvalue weighted by molar-refractivity contribution is 5.79. The first-order valence-electron chi connectivity index (χ1n) is 8.38. The van der Waals surface area contributed by atoms with Crippen LogP contribution in [0.3, 0.4) is 0 Å². The molecular weight excluding hydrogens is 332 g/mol. The van der Waals surface area contributed by atoms with Gasteiger partial charge in [0.15, 0.2) is 0 Å². The molecule has 0 spiro atoms. The minimum Gasteiger partial charge on any atom is -0.481 e. The van der Waals surface area contributed by atoms with Crippen molar-refractivity contribution < 1.29 is 9.90 Å². The number of fused-ring (bicyclic) bond motifs is 1. The van der Waals surface area contributed by atoms with E-state index in [1.54, 1.807) is 24.3 Å². The summed E-state index contributed by atoms with van der Waals surface area (Å²) in [6.07, 6.45) is 4.01. The first-order valence-corrected chi connectivity index (χ1v) is 8.38. The Balaban J connectivity index is 2.06. The summed E-state index contributed by atoms with van der Waals surface area (Å²) < 4.78 is 1.53. The summed E-state index contributed by atoms with van der Waals surface area (Å²) in [6, 6.07) is 7.16. The van der Waals surface area contributed by atoms with Gasteiger partial charge in [0, 0.05) is 24.2 Å². The SMILES string of the molecule is Cc1n[nH]c(C)c1/C=C\c1nc2ccccc2c(=O)n1CCCC(=O)O. The molecule has 3 rings (SSSR count). The molecule has 2 aromatic heterocycles. The van der Waals surface area contributed by atoms with E-state index >= 15 is 0 Å². The number of carboxylic acids is 1. The molecule has 0 saturated carbocycles. The summed E-state index contributed by atoms with van der Waals surface area (Å²) >= 11 is 0. The molecule has 7 heteroatoms. The highest BCUT2D eigenvalue weighted by Gasteiger charge is 2.10. The highest BCUT2D eigenvalue weighted by atomic mass is 16.4. The molecule has 0 amide bonds. The number of carbonyl (C=O) groups is 1. The van der Waals surface area contributed by atoms with E-state index in [9.17, 15) is 9.59 Å². The summed E-state index contributed by atoms with van der Waals surface area (Å²) in [5.74, 6) is -0.382. The molecule has 134 valence electrons. The summed E-state index contributed by atoms with van der Waals surface area (Å²) in [4.78, 5) is 28.2. The predicted octanol–water partition coefficient (Wildman–Crippen LogP) is 2.77. The topological polar surface area (TPSA) is 101 Å². The molecule has 0 saturated heterocycles. The van der Waals surface area contributed by atoms with Crippen molar-refractivity contribution >= 4 is 29.0 Å². The van der Waals surface area contributed by atoms with E-state index < -0.39 is 5.97 Å². The number of aromatic amines is 1. The van der Waals surface area contributed by atoms with E-state index in [0.29, 0.717) is 29.7 Å². The van der Waals surface area contributed by atoms with Gasteiger partial charge in [0.1, 0.15) is 5.82 Å². The van der Waals surface area contributed by atoms with Crippen LogP contribution in [-0.4, -0.2) is 30.8 Å². The van der Waals surface area contributed by atoms with Gasteiger partial charge in [-0.25, -0.2) is 4.98 Å². The number of carboxylic acid groups (broad SMARTS) is 1. The van der Waals surface area contributed by atoms with Crippen LogP contribution in [-0.2, 0) is 11.3 Å². The number of nitrogens with one attached hydrogen (secondary N) is 1. The largest absolute Gasteiger partial charge is 0.481 e. The van der Waals surface area contributed by atoms with Crippen LogP contribution in [0.5, 0.6) is 0 Å². The van der Waals surface area contributed by atoms with Crippen molar-refractivity contribution in [3.05, 3.63) is 57.4 Å². The van der Waals surface area contributed by atoms with Gasteiger partial charge in [0.25, 0.3) is 5.56 Å². The Morgan fingerprint density at radius 3 is 2.73 bits per heavy atom. The first-order chi connectivity index (χ1) is 12.5. The van der Waals surface area contributed by atoms with Gasteiger partial charge in [-0.05, 0) is 44.6 Å². The van der Waals surface area contributed by atoms with Crippen molar-refractivity contribution in [3.63, 3.8) is 0 Å². The lowest BCUT2D eigenvalue weighted by Crippen LogP contribution is -2.24. The van der Waals surface area contributed by atoms with Crippen molar-refractivity contribution in [2.24, 2.45) is 0 Å². The van der Waals surface area contributed by atoms with Crippen LogP contribution in [0.25, 0.3) is 23.1 Å². The third kappa shape index (κ3) is 3.56. The normalized spacial score (nSPS) is 11.5. The quantitative estimate of drug-likeness (QED) is 0.710. The van der Waals surface area contributed by atoms with Gasteiger partial charge in [-0.15, -0.1) is 0 Å². The summed E-state index contributed by atoms with van der Waals surface area (Å²) in [7, 11) is 0. The average Bonchev–Trinajstić information content (AvgIpc) is 2.93. The van der Waals surface area contributed by atoms with E-state index in [4.69, 9.17) is 5.11 Å². The van der Waals surface area contributed by atoms with Gasteiger partial charge in [-0.3, -0.25) is 19.3 Å².